The first-order valence-corrected chi connectivity index (χ1v) is 5.56. The van der Waals surface area contributed by atoms with Crippen molar-refractivity contribution in [3.8, 4) is 0 Å². The van der Waals surface area contributed by atoms with Crippen LogP contribution in [0.5, 0.6) is 0 Å². The van der Waals surface area contributed by atoms with E-state index in [0.717, 1.165) is 4.90 Å². The van der Waals surface area contributed by atoms with E-state index in [9.17, 15) is 9.59 Å². The number of nitrogens with one attached hydrogen (secondary N) is 1. The Morgan fingerprint density at radius 3 is 2.33 bits per heavy atom. The molecule has 0 unspecified atom stereocenters. The van der Waals surface area contributed by atoms with E-state index >= 15 is 0 Å². The quantitative estimate of drug-likeness (QED) is 0.624. The minimum Gasteiger partial charge on any atom is -0.358 e. The van der Waals surface area contributed by atoms with Gasteiger partial charge in [-0.2, -0.15) is 0 Å². The summed E-state index contributed by atoms with van der Waals surface area (Å²) >= 11 is 1.45. The summed E-state index contributed by atoms with van der Waals surface area (Å²) in [7, 11) is 1.61. The van der Waals surface area contributed by atoms with E-state index in [1.54, 1.807) is 19.2 Å². The van der Waals surface area contributed by atoms with Gasteiger partial charge in [-0.1, -0.05) is 12.1 Å². The first-order valence-electron chi connectivity index (χ1n) is 4.58. The molecule has 0 saturated carbocycles. The second-order valence-electron chi connectivity index (χ2n) is 3.04. The van der Waals surface area contributed by atoms with Gasteiger partial charge in [0.2, 0.25) is 5.91 Å². The lowest BCUT2D eigenvalue weighted by atomic mass is 10.2. The fourth-order valence-corrected chi connectivity index (χ4v) is 1.78. The van der Waals surface area contributed by atoms with Crippen molar-refractivity contribution in [3.05, 3.63) is 29.8 Å². The summed E-state index contributed by atoms with van der Waals surface area (Å²) in [6, 6.07) is 7.25. The van der Waals surface area contributed by atoms with E-state index < -0.39 is 0 Å². The molecule has 3 nitrogen and oxygen atoms in total. The molecule has 15 heavy (non-hydrogen) atoms. The van der Waals surface area contributed by atoms with E-state index in [4.69, 9.17) is 0 Å². The first kappa shape index (κ1) is 11.8. The van der Waals surface area contributed by atoms with Crippen LogP contribution in [0.2, 0.25) is 0 Å². The summed E-state index contributed by atoms with van der Waals surface area (Å²) in [4.78, 5) is 23.0. The SMILES string of the molecule is CNC(=O)CSc1ccc(C(C)=O)cc1. The number of ketones is 1. The number of amides is 1. The fourth-order valence-electron chi connectivity index (χ4n) is 1.01. The lowest BCUT2D eigenvalue weighted by molar-refractivity contribution is -0.118. The fraction of sp³-hybridized carbons (Fsp3) is 0.273. The highest BCUT2D eigenvalue weighted by Crippen LogP contribution is 2.18. The summed E-state index contributed by atoms with van der Waals surface area (Å²) < 4.78 is 0. The third kappa shape index (κ3) is 3.75. The zero-order chi connectivity index (χ0) is 11.3. The molecule has 0 aliphatic rings. The Morgan fingerprint density at radius 1 is 1.27 bits per heavy atom. The number of rotatable bonds is 4. The summed E-state index contributed by atoms with van der Waals surface area (Å²) in [5.74, 6) is 0.448. The van der Waals surface area contributed by atoms with Crippen LogP contribution in [0.1, 0.15) is 17.3 Å². The van der Waals surface area contributed by atoms with Gasteiger partial charge < -0.3 is 5.32 Å². The monoisotopic (exact) mass is 223 g/mol. The molecule has 0 atom stereocenters. The van der Waals surface area contributed by atoms with Crippen LogP contribution in [-0.4, -0.2) is 24.5 Å². The standard InChI is InChI=1S/C11H13NO2S/c1-8(13)9-3-5-10(6-4-9)15-7-11(14)12-2/h3-6H,7H2,1-2H3,(H,12,14). The molecule has 0 bridgehead atoms. The van der Waals surface area contributed by atoms with E-state index in [1.165, 1.54) is 18.7 Å². The van der Waals surface area contributed by atoms with Crippen LogP contribution in [0.4, 0.5) is 0 Å². The number of hydrogen-bond donors (Lipinski definition) is 1. The Kier molecular flexibility index (Phi) is 4.37. The first-order chi connectivity index (χ1) is 7.13. The van der Waals surface area contributed by atoms with Crippen molar-refractivity contribution in [3.63, 3.8) is 0 Å². The van der Waals surface area contributed by atoms with Gasteiger partial charge in [0.1, 0.15) is 0 Å². The molecular weight excluding hydrogens is 210 g/mol. The van der Waals surface area contributed by atoms with Crippen molar-refractivity contribution in [2.24, 2.45) is 0 Å². The normalized spacial score (nSPS) is 9.73. The van der Waals surface area contributed by atoms with Crippen LogP contribution < -0.4 is 5.32 Å². The summed E-state index contributed by atoms with van der Waals surface area (Å²) in [5.41, 5.74) is 0.694. The predicted molar refractivity (Wildman–Crippen MR) is 61.2 cm³/mol. The maximum absolute atomic E-state index is 11.0. The molecule has 0 heterocycles. The second kappa shape index (κ2) is 5.56. The van der Waals surface area contributed by atoms with Gasteiger partial charge in [-0.3, -0.25) is 9.59 Å². The highest BCUT2D eigenvalue weighted by Gasteiger charge is 2.01. The lowest BCUT2D eigenvalue weighted by Gasteiger charge is -2.01. The highest BCUT2D eigenvalue weighted by atomic mass is 32.2. The van der Waals surface area contributed by atoms with E-state index in [1.807, 2.05) is 12.1 Å². The third-order valence-corrected chi connectivity index (χ3v) is 2.92. The molecule has 1 aromatic rings. The van der Waals surface area contributed by atoms with Gasteiger partial charge in [0.05, 0.1) is 5.75 Å². The van der Waals surface area contributed by atoms with Crippen molar-refractivity contribution in [1.29, 1.82) is 0 Å². The molecule has 1 amide bonds. The summed E-state index contributed by atoms with van der Waals surface area (Å²) in [6.07, 6.45) is 0. The molecule has 1 N–H and O–H groups in total. The third-order valence-electron chi connectivity index (χ3n) is 1.91. The molecule has 0 aliphatic carbocycles. The highest BCUT2D eigenvalue weighted by molar-refractivity contribution is 8.00. The van der Waals surface area contributed by atoms with Crippen LogP contribution >= 0.6 is 11.8 Å². The van der Waals surface area contributed by atoms with Crippen LogP contribution in [0.3, 0.4) is 0 Å². The van der Waals surface area contributed by atoms with Gasteiger partial charge >= 0.3 is 0 Å². The average molecular weight is 223 g/mol. The predicted octanol–water partition coefficient (Wildman–Crippen LogP) is 1.73. The second-order valence-corrected chi connectivity index (χ2v) is 4.09. The molecule has 0 saturated heterocycles. The van der Waals surface area contributed by atoms with Gasteiger partial charge in [-0.15, -0.1) is 11.8 Å². The topological polar surface area (TPSA) is 46.2 Å². The Bertz CT molecular complexity index is 359. The molecule has 80 valence electrons. The van der Waals surface area contributed by atoms with Gasteiger partial charge in [0, 0.05) is 17.5 Å². The van der Waals surface area contributed by atoms with E-state index in [0.29, 0.717) is 11.3 Å². The molecule has 0 radical (unpaired) electrons. The van der Waals surface area contributed by atoms with Crippen LogP contribution in [0.15, 0.2) is 29.2 Å². The minimum atomic E-state index is -0.00403. The molecule has 1 rings (SSSR count). The Morgan fingerprint density at radius 2 is 1.87 bits per heavy atom. The largest absolute Gasteiger partial charge is 0.358 e. The molecule has 4 heteroatoms. The number of carbonyl (C=O) groups excluding carboxylic acids is 2. The summed E-state index contributed by atoms with van der Waals surface area (Å²) in [5, 5.41) is 2.55. The van der Waals surface area contributed by atoms with Crippen molar-refractivity contribution < 1.29 is 9.59 Å². The lowest BCUT2D eigenvalue weighted by Crippen LogP contribution is -2.19. The van der Waals surface area contributed by atoms with Crippen LogP contribution in [0.25, 0.3) is 0 Å². The Balaban J connectivity index is 2.57. The van der Waals surface area contributed by atoms with E-state index in [2.05, 4.69) is 5.32 Å². The van der Waals surface area contributed by atoms with Crippen LogP contribution in [-0.2, 0) is 4.79 Å². The number of hydrogen-bond acceptors (Lipinski definition) is 3. The Labute approximate surface area is 93.3 Å². The Hall–Kier alpha value is -1.29. The van der Waals surface area contributed by atoms with Crippen molar-refractivity contribution in [1.82, 2.24) is 5.32 Å². The van der Waals surface area contributed by atoms with Crippen molar-refractivity contribution in [2.75, 3.05) is 12.8 Å². The molecule has 1 aromatic carbocycles. The van der Waals surface area contributed by atoms with E-state index in [-0.39, 0.29) is 11.7 Å². The molecule has 0 spiro atoms. The number of thioether (sulfide) groups is 1. The molecule has 0 aromatic heterocycles. The molecule has 0 aliphatic heterocycles. The maximum Gasteiger partial charge on any atom is 0.230 e. The molecule has 0 fully saturated rings. The van der Waals surface area contributed by atoms with Gasteiger partial charge in [-0.05, 0) is 19.1 Å². The summed E-state index contributed by atoms with van der Waals surface area (Å²) in [6.45, 7) is 1.53. The van der Waals surface area contributed by atoms with Gasteiger partial charge in [0.25, 0.3) is 0 Å². The maximum atomic E-state index is 11.0. The van der Waals surface area contributed by atoms with Gasteiger partial charge in [0.15, 0.2) is 5.78 Å². The smallest absolute Gasteiger partial charge is 0.230 e. The number of benzene rings is 1. The van der Waals surface area contributed by atoms with Gasteiger partial charge in [-0.25, -0.2) is 0 Å². The van der Waals surface area contributed by atoms with Crippen molar-refractivity contribution in [2.45, 2.75) is 11.8 Å². The van der Waals surface area contributed by atoms with Crippen LogP contribution in [0, 0.1) is 0 Å². The molecular formula is C11H13NO2S. The number of carbonyl (C=O) groups is 2. The number of Topliss-reactive ketones (excluding diaryl/α,β-unsaturated/α-hetero) is 1. The zero-order valence-electron chi connectivity index (χ0n) is 8.74. The van der Waals surface area contributed by atoms with Crippen molar-refractivity contribution >= 4 is 23.5 Å². The zero-order valence-corrected chi connectivity index (χ0v) is 9.56. The minimum absolute atomic E-state index is 0.00403. The average Bonchev–Trinajstić information content (AvgIpc) is 2.26.